The zero-order valence-corrected chi connectivity index (χ0v) is 16.1. The summed E-state index contributed by atoms with van der Waals surface area (Å²) in [4.78, 5) is 0. The maximum absolute atomic E-state index is 4.53. The lowest BCUT2D eigenvalue weighted by atomic mass is 10.2. The molecule has 3 aromatic rings. The van der Waals surface area contributed by atoms with Crippen LogP contribution in [-0.4, -0.2) is 19.8 Å². The maximum Gasteiger partial charge on any atom is 0.225 e. The summed E-state index contributed by atoms with van der Waals surface area (Å²) >= 11 is 0. The van der Waals surface area contributed by atoms with E-state index in [1.165, 1.54) is 0 Å². The van der Waals surface area contributed by atoms with E-state index in [1.54, 1.807) is 0 Å². The van der Waals surface area contributed by atoms with Gasteiger partial charge in [0.25, 0.3) is 0 Å². The van der Waals surface area contributed by atoms with Gasteiger partial charge in [0.1, 0.15) is 13.3 Å². The van der Waals surface area contributed by atoms with Crippen LogP contribution in [-0.2, 0) is 7.05 Å². The number of nitrogens with one attached hydrogen (secondary N) is 2. The molecule has 0 bridgehead atoms. The van der Waals surface area contributed by atoms with Crippen LogP contribution in [0.5, 0.6) is 0 Å². The van der Waals surface area contributed by atoms with Gasteiger partial charge in [-0.25, -0.2) is 4.57 Å². The Kier molecular flexibility index (Phi) is 6.05. The molecule has 0 atom stereocenters. The van der Waals surface area contributed by atoms with Crippen molar-refractivity contribution in [1.82, 2.24) is 0 Å². The Morgan fingerprint density at radius 3 is 2.19 bits per heavy atom. The third kappa shape index (κ3) is 5.07. The van der Waals surface area contributed by atoms with Crippen molar-refractivity contribution in [2.75, 3.05) is 29.2 Å². The van der Waals surface area contributed by atoms with Gasteiger partial charge in [-0.1, -0.05) is 0 Å². The second-order valence-corrected chi connectivity index (χ2v) is 6.28. The van der Waals surface area contributed by atoms with E-state index < -0.39 is 0 Å². The summed E-state index contributed by atoms with van der Waals surface area (Å²) in [6, 6.07) is 22.6. The Bertz CT molecular complexity index is 885. The molecule has 0 radical (unpaired) electrons. The van der Waals surface area contributed by atoms with Crippen LogP contribution in [0.3, 0.4) is 0 Å². The first-order chi connectivity index (χ1) is 13.2. The average molecular weight is 360 g/mol. The SMILES string of the molecule is CCNc1ccc(Nc2ccc(N(C)/N=C/c3cccc[n+]3C)cc2)cc1. The molecule has 0 fully saturated rings. The lowest BCUT2D eigenvalue weighted by molar-refractivity contribution is -0.672. The third-order valence-electron chi connectivity index (χ3n) is 4.25. The fourth-order valence-corrected chi connectivity index (χ4v) is 2.69. The lowest BCUT2D eigenvalue weighted by Gasteiger charge is -2.14. The van der Waals surface area contributed by atoms with Crippen LogP contribution >= 0.6 is 0 Å². The topological polar surface area (TPSA) is 43.5 Å². The van der Waals surface area contributed by atoms with Crippen LogP contribution < -0.4 is 20.2 Å². The molecular formula is C22H26N5+. The quantitative estimate of drug-likeness (QED) is 0.378. The highest BCUT2D eigenvalue weighted by Crippen LogP contribution is 2.22. The number of hydrogen-bond donors (Lipinski definition) is 2. The summed E-state index contributed by atoms with van der Waals surface area (Å²) in [6.45, 7) is 3.02. The van der Waals surface area contributed by atoms with Crippen LogP contribution in [0.2, 0.25) is 0 Å². The van der Waals surface area contributed by atoms with Gasteiger partial charge in [0.2, 0.25) is 5.69 Å². The number of hydrazone groups is 1. The van der Waals surface area contributed by atoms with Gasteiger partial charge < -0.3 is 10.6 Å². The molecule has 138 valence electrons. The largest absolute Gasteiger partial charge is 0.385 e. The second-order valence-electron chi connectivity index (χ2n) is 6.28. The Balaban J connectivity index is 1.63. The normalized spacial score (nSPS) is 10.8. The number of pyridine rings is 1. The molecule has 0 saturated heterocycles. The molecule has 2 N–H and O–H groups in total. The Morgan fingerprint density at radius 2 is 1.56 bits per heavy atom. The molecule has 5 heteroatoms. The van der Waals surface area contributed by atoms with Crippen molar-refractivity contribution in [1.29, 1.82) is 0 Å². The van der Waals surface area contributed by atoms with Gasteiger partial charge in [-0.05, 0) is 61.5 Å². The summed E-state index contributed by atoms with van der Waals surface area (Å²) in [6.07, 6.45) is 3.87. The van der Waals surface area contributed by atoms with E-state index in [1.807, 2.05) is 54.3 Å². The highest BCUT2D eigenvalue weighted by Gasteiger charge is 2.03. The number of rotatable bonds is 7. The molecule has 0 aliphatic rings. The number of nitrogens with zero attached hydrogens (tertiary/aromatic N) is 3. The summed E-state index contributed by atoms with van der Waals surface area (Å²) in [7, 11) is 3.95. The molecule has 1 heterocycles. The highest BCUT2D eigenvalue weighted by molar-refractivity contribution is 5.76. The molecule has 5 nitrogen and oxygen atoms in total. The molecule has 2 aromatic carbocycles. The Labute approximate surface area is 161 Å². The number of aromatic nitrogens is 1. The first-order valence-electron chi connectivity index (χ1n) is 9.09. The standard InChI is InChI=1S/C22H25N5/c1-4-23-18-8-10-19(11-9-18)25-20-12-14-21(15-13-20)27(3)24-17-22-7-5-6-16-26(22)2/h5-17,24H,4H2,1-3H3/p+1. The van der Waals surface area contributed by atoms with E-state index in [2.05, 4.69) is 71.2 Å². The zero-order valence-electron chi connectivity index (χ0n) is 16.1. The van der Waals surface area contributed by atoms with Gasteiger partial charge in [0, 0.05) is 42.8 Å². The summed E-state index contributed by atoms with van der Waals surface area (Å²) in [5.41, 5.74) is 5.31. The van der Waals surface area contributed by atoms with E-state index in [0.29, 0.717) is 0 Å². The average Bonchev–Trinajstić information content (AvgIpc) is 2.69. The van der Waals surface area contributed by atoms with Crippen LogP contribution in [0.1, 0.15) is 12.6 Å². The van der Waals surface area contributed by atoms with E-state index in [-0.39, 0.29) is 0 Å². The van der Waals surface area contributed by atoms with Gasteiger partial charge in [0.05, 0.1) is 5.69 Å². The molecule has 0 unspecified atom stereocenters. The molecule has 0 aliphatic carbocycles. The fourth-order valence-electron chi connectivity index (χ4n) is 2.69. The predicted molar refractivity (Wildman–Crippen MR) is 114 cm³/mol. The van der Waals surface area contributed by atoms with Gasteiger partial charge in [-0.3, -0.25) is 5.01 Å². The van der Waals surface area contributed by atoms with Crippen LogP contribution in [0.15, 0.2) is 78.0 Å². The molecule has 27 heavy (non-hydrogen) atoms. The first-order valence-corrected chi connectivity index (χ1v) is 9.09. The van der Waals surface area contributed by atoms with Gasteiger partial charge >= 0.3 is 0 Å². The Morgan fingerprint density at radius 1 is 0.926 bits per heavy atom. The number of aryl methyl sites for hydroxylation is 1. The molecule has 0 amide bonds. The van der Waals surface area contributed by atoms with Gasteiger partial charge in [-0.2, -0.15) is 5.10 Å². The van der Waals surface area contributed by atoms with Crippen molar-refractivity contribution < 1.29 is 4.57 Å². The molecular weight excluding hydrogens is 334 g/mol. The van der Waals surface area contributed by atoms with Crippen molar-refractivity contribution in [2.45, 2.75) is 6.92 Å². The van der Waals surface area contributed by atoms with Crippen LogP contribution in [0, 0.1) is 0 Å². The maximum atomic E-state index is 4.53. The van der Waals surface area contributed by atoms with Crippen molar-refractivity contribution in [3.05, 3.63) is 78.6 Å². The van der Waals surface area contributed by atoms with E-state index in [9.17, 15) is 0 Å². The Hall–Kier alpha value is -3.34. The first kappa shape index (κ1) is 18.5. The minimum atomic E-state index is 0.923. The van der Waals surface area contributed by atoms with E-state index >= 15 is 0 Å². The number of hydrogen-bond acceptors (Lipinski definition) is 4. The molecule has 0 saturated carbocycles. The monoisotopic (exact) mass is 360 g/mol. The molecule has 0 aliphatic heterocycles. The van der Waals surface area contributed by atoms with Crippen molar-refractivity contribution in [3.8, 4) is 0 Å². The van der Waals surface area contributed by atoms with E-state index in [0.717, 1.165) is 35.0 Å². The van der Waals surface area contributed by atoms with Crippen molar-refractivity contribution in [2.24, 2.45) is 12.1 Å². The summed E-state index contributed by atoms with van der Waals surface area (Å²) in [5, 5.41) is 13.1. The minimum Gasteiger partial charge on any atom is -0.385 e. The smallest absolute Gasteiger partial charge is 0.225 e. The number of anilines is 4. The highest BCUT2D eigenvalue weighted by atomic mass is 15.4. The number of benzene rings is 2. The van der Waals surface area contributed by atoms with Crippen LogP contribution in [0.25, 0.3) is 0 Å². The predicted octanol–water partition coefficient (Wildman–Crippen LogP) is 4.16. The third-order valence-corrected chi connectivity index (χ3v) is 4.25. The fraction of sp³-hybridized carbons (Fsp3) is 0.182. The van der Waals surface area contributed by atoms with Crippen molar-refractivity contribution >= 4 is 29.0 Å². The van der Waals surface area contributed by atoms with Gasteiger partial charge in [-0.15, -0.1) is 0 Å². The summed E-state index contributed by atoms with van der Waals surface area (Å²) < 4.78 is 2.03. The summed E-state index contributed by atoms with van der Waals surface area (Å²) in [5.74, 6) is 0. The molecule has 1 aromatic heterocycles. The second kappa shape index (κ2) is 8.85. The molecule has 0 spiro atoms. The molecule has 3 rings (SSSR count). The lowest BCUT2D eigenvalue weighted by Crippen LogP contribution is -2.32. The van der Waals surface area contributed by atoms with E-state index in [4.69, 9.17) is 0 Å². The van der Waals surface area contributed by atoms with Crippen LogP contribution in [0.4, 0.5) is 22.7 Å². The van der Waals surface area contributed by atoms with Crippen molar-refractivity contribution in [3.63, 3.8) is 0 Å². The van der Waals surface area contributed by atoms with Gasteiger partial charge in [0.15, 0.2) is 6.20 Å². The zero-order chi connectivity index (χ0) is 19.1. The minimum absolute atomic E-state index is 0.923.